The van der Waals surface area contributed by atoms with Crippen LogP contribution in [-0.2, 0) is 19.2 Å². The fourth-order valence-electron chi connectivity index (χ4n) is 5.52. The second-order valence-electron chi connectivity index (χ2n) is 7.25. The number of alkyl halides is 2. The molecule has 4 bridgehead atoms. The average molecular weight is 425 g/mol. The van der Waals surface area contributed by atoms with Gasteiger partial charge in [0.2, 0.25) is 0 Å². The highest BCUT2D eigenvalue weighted by atomic mass is 35.5. The summed E-state index contributed by atoms with van der Waals surface area (Å²) in [6.07, 6.45) is 0.806. The van der Waals surface area contributed by atoms with Crippen LogP contribution in [0.5, 0.6) is 0 Å². The van der Waals surface area contributed by atoms with Crippen LogP contribution in [0.4, 0.5) is 0 Å². The maximum Gasteiger partial charge on any atom is 0.260 e. The van der Waals surface area contributed by atoms with Gasteiger partial charge < -0.3 is 4.74 Å². The number of nitrogens with zero attached hydrogens (tertiary/aromatic N) is 1. The monoisotopic (exact) mass is 423 g/mol. The van der Waals surface area contributed by atoms with E-state index in [1.165, 1.54) is 6.08 Å². The largest absolute Gasteiger partial charge is 0.373 e. The molecule has 8 atom stereocenters. The lowest BCUT2D eigenvalue weighted by Crippen LogP contribution is -2.50. The molecule has 25 heavy (non-hydrogen) atoms. The zero-order valence-electron chi connectivity index (χ0n) is 12.8. The van der Waals surface area contributed by atoms with Crippen LogP contribution in [0.25, 0.3) is 0 Å². The molecule has 0 radical (unpaired) electrons. The Balaban J connectivity index is 1.57. The second kappa shape index (κ2) is 4.94. The Morgan fingerprint density at radius 1 is 1.12 bits per heavy atom. The molecule has 0 aromatic heterocycles. The van der Waals surface area contributed by atoms with Crippen molar-refractivity contribution >= 4 is 58.2 Å². The summed E-state index contributed by atoms with van der Waals surface area (Å²) >= 11 is 26.4. The first kappa shape index (κ1) is 16.8. The van der Waals surface area contributed by atoms with Gasteiger partial charge in [0.05, 0.1) is 50.5 Å². The highest BCUT2D eigenvalue weighted by Crippen LogP contribution is 2.75. The number of ether oxygens (including phenoxy) is 1. The summed E-state index contributed by atoms with van der Waals surface area (Å²) in [7, 11) is 0. The van der Waals surface area contributed by atoms with E-state index in [4.69, 9.17) is 56.0 Å². The van der Waals surface area contributed by atoms with E-state index in [-0.39, 0.29) is 18.4 Å². The highest BCUT2D eigenvalue weighted by Gasteiger charge is 2.82. The Bertz CT molecular complexity index is 717. The summed E-state index contributed by atoms with van der Waals surface area (Å²) in [6, 6.07) is 0. The maximum absolute atomic E-state index is 12.7. The average Bonchev–Trinajstić information content (AvgIpc) is 3.29. The normalized spacial score (nSPS) is 52.4. The van der Waals surface area contributed by atoms with E-state index in [0.717, 1.165) is 5.06 Å². The van der Waals surface area contributed by atoms with Crippen molar-refractivity contribution in [2.75, 3.05) is 6.61 Å². The third-order valence-electron chi connectivity index (χ3n) is 6.29. The topological polar surface area (TPSA) is 55.8 Å². The molecule has 1 saturated carbocycles. The Hall–Kier alpha value is -0.300. The molecule has 4 fully saturated rings. The lowest BCUT2D eigenvalue weighted by molar-refractivity contribution is -0.189. The fourth-order valence-corrected chi connectivity index (χ4v) is 7.54. The van der Waals surface area contributed by atoms with E-state index in [9.17, 15) is 9.59 Å². The minimum Gasteiger partial charge on any atom is -0.373 e. The number of hydroxylamine groups is 2. The van der Waals surface area contributed by atoms with Crippen LogP contribution in [0.15, 0.2) is 22.7 Å². The Morgan fingerprint density at radius 2 is 1.60 bits per heavy atom. The number of hydrogen-bond donors (Lipinski definition) is 0. The molecule has 3 aliphatic heterocycles. The van der Waals surface area contributed by atoms with E-state index in [0.29, 0.717) is 16.5 Å². The van der Waals surface area contributed by atoms with Gasteiger partial charge in [-0.25, -0.2) is 0 Å². The number of carbonyl (C=O) groups excluding carboxylic acids is 2. The van der Waals surface area contributed by atoms with Crippen molar-refractivity contribution in [3.63, 3.8) is 0 Å². The molecule has 0 aromatic rings. The van der Waals surface area contributed by atoms with Crippen molar-refractivity contribution in [3.8, 4) is 0 Å². The van der Waals surface area contributed by atoms with Crippen LogP contribution in [0.2, 0.25) is 0 Å². The molecule has 0 spiro atoms. The molecule has 0 aromatic carbocycles. The molecule has 3 heterocycles. The van der Waals surface area contributed by atoms with Gasteiger partial charge in [-0.3, -0.25) is 14.4 Å². The van der Waals surface area contributed by atoms with Crippen LogP contribution in [-0.4, -0.2) is 45.4 Å². The molecule has 0 unspecified atom stereocenters. The first-order chi connectivity index (χ1) is 11.8. The fraction of sp³-hybridized carbons (Fsp3) is 0.625. The third-order valence-corrected chi connectivity index (χ3v) is 8.78. The number of imide groups is 1. The summed E-state index contributed by atoms with van der Waals surface area (Å²) in [5, 5.41) is 1.49. The van der Waals surface area contributed by atoms with Crippen LogP contribution in [0, 0.1) is 23.7 Å². The molecule has 5 nitrogen and oxygen atoms in total. The number of hydrogen-bond acceptors (Lipinski definition) is 4. The highest BCUT2D eigenvalue weighted by molar-refractivity contribution is 6.51. The van der Waals surface area contributed by atoms with Gasteiger partial charge >= 0.3 is 0 Å². The predicted octanol–water partition coefficient (Wildman–Crippen LogP) is 2.78. The Morgan fingerprint density at radius 3 is 2.04 bits per heavy atom. The lowest BCUT2D eigenvalue weighted by Gasteiger charge is -2.40. The molecule has 5 aliphatic rings. The van der Waals surface area contributed by atoms with Crippen molar-refractivity contribution in [2.45, 2.75) is 28.4 Å². The standard InChI is InChI=1S/C16H13Cl4NO4/c1-2-3-24-21-13(22)5-6(14(21)23)10-8-7(9(5)25-10)15(19)4-16(8,20)12(18)11(15)17/h2,5-10H,1,3-4H2/t5-,6+,7-,8-,9-,10-,15-,16-/m0/s1. The number of halogens is 4. The van der Waals surface area contributed by atoms with Crippen LogP contribution in [0.3, 0.4) is 0 Å². The van der Waals surface area contributed by atoms with E-state index >= 15 is 0 Å². The van der Waals surface area contributed by atoms with E-state index in [1.807, 2.05) is 0 Å². The Labute approximate surface area is 163 Å². The van der Waals surface area contributed by atoms with Crippen molar-refractivity contribution < 1.29 is 19.2 Å². The van der Waals surface area contributed by atoms with Crippen LogP contribution >= 0.6 is 46.4 Å². The zero-order chi connectivity index (χ0) is 17.9. The molecule has 0 N–H and O–H groups in total. The Kier molecular flexibility index (Phi) is 3.33. The molecule has 134 valence electrons. The van der Waals surface area contributed by atoms with Gasteiger partial charge in [0.25, 0.3) is 11.8 Å². The molecule has 9 heteroatoms. The summed E-state index contributed by atoms with van der Waals surface area (Å²) < 4.78 is 6.05. The SMILES string of the molecule is C=CCON1C(=O)[C@@H]2[C@@H]3O[C@@H]([C@@H]2C1=O)[C@@H]1[C@@H]3[C@@]2(Cl)C[C@@]1(Cl)C(Cl)=C2Cl. The minimum absolute atomic E-state index is 0.0675. The van der Waals surface area contributed by atoms with Crippen molar-refractivity contribution in [1.82, 2.24) is 5.06 Å². The maximum atomic E-state index is 12.7. The number of carbonyl (C=O) groups is 2. The van der Waals surface area contributed by atoms with Crippen molar-refractivity contribution in [1.29, 1.82) is 0 Å². The molecule has 5 rings (SSSR count). The summed E-state index contributed by atoms with van der Waals surface area (Å²) in [5.41, 5.74) is 0. The minimum atomic E-state index is -0.950. The molecular weight excluding hydrogens is 412 g/mol. The van der Waals surface area contributed by atoms with Gasteiger partial charge in [0, 0.05) is 11.8 Å². The smallest absolute Gasteiger partial charge is 0.260 e. The first-order valence-corrected chi connectivity index (χ1v) is 9.49. The van der Waals surface area contributed by atoms with Gasteiger partial charge in [-0.15, -0.1) is 29.8 Å². The first-order valence-electron chi connectivity index (χ1n) is 7.98. The van der Waals surface area contributed by atoms with Crippen molar-refractivity contribution in [3.05, 3.63) is 22.7 Å². The number of amides is 2. The molecular formula is C16H13Cl4NO4. The number of rotatable bonds is 3. The quantitative estimate of drug-likeness (QED) is 0.397. The lowest BCUT2D eigenvalue weighted by atomic mass is 9.65. The van der Waals surface area contributed by atoms with Crippen LogP contribution < -0.4 is 0 Å². The van der Waals surface area contributed by atoms with Gasteiger partial charge in [-0.05, 0) is 6.42 Å². The van der Waals surface area contributed by atoms with Gasteiger partial charge in [0.15, 0.2) is 0 Å². The molecule has 2 aliphatic carbocycles. The van der Waals surface area contributed by atoms with Gasteiger partial charge in [-0.2, -0.15) is 5.06 Å². The molecule has 2 amide bonds. The van der Waals surface area contributed by atoms with E-state index in [1.54, 1.807) is 0 Å². The predicted molar refractivity (Wildman–Crippen MR) is 91.1 cm³/mol. The summed E-state index contributed by atoms with van der Waals surface area (Å²) in [4.78, 5) is 28.8. The van der Waals surface area contributed by atoms with Gasteiger partial charge in [0.1, 0.15) is 0 Å². The van der Waals surface area contributed by atoms with E-state index in [2.05, 4.69) is 6.58 Å². The van der Waals surface area contributed by atoms with Crippen LogP contribution in [0.1, 0.15) is 6.42 Å². The third kappa shape index (κ3) is 1.67. The van der Waals surface area contributed by atoms with Gasteiger partial charge in [-0.1, -0.05) is 29.3 Å². The second-order valence-corrected chi connectivity index (χ2v) is 9.36. The number of fused-ring (bicyclic) bond motifs is 12. The molecule has 3 saturated heterocycles. The summed E-state index contributed by atoms with van der Waals surface area (Å²) in [5.74, 6) is -2.57. The zero-order valence-corrected chi connectivity index (χ0v) is 15.8. The van der Waals surface area contributed by atoms with Crippen molar-refractivity contribution in [2.24, 2.45) is 23.7 Å². The van der Waals surface area contributed by atoms with E-state index < -0.39 is 45.6 Å². The number of allylic oxidation sites excluding steroid dienone is 2. The summed E-state index contributed by atoms with van der Waals surface area (Å²) in [6.45, 7) is 3.59.